The Labute approximate surface area is 138 Å². The van der Waals surface area contributed by atoms with Crippen LogP contribution in [0.4, 0.5) is 9.52 Å². The summed E-state index contributed by atoms with van der Waals surface area (Å²) >= 11 is 6.58. The molecule has 1 saturated heterocycles. The number of ether oxygens (including phenoxy) is 1. The molecule has 0 aliphatic carbocycles. The molecule has 1 fully saturated rings. The van der Waals surface area contributed by atoms with E-state index >= 15 is 0 Å². The maximum absolute atomic E-state index is 13.0. The summed E-state index contributed by atoms with van der Waals surface area (Å²) in [6.45, 7) is 3.21. The molecule has 4 nitrogen and oxygen atoms in total. The van der Waals surface area contributed by atoms with Crippen molar-refractivity contribution in [3.05, 3.63) is 34.1 Å². The van der Waals surface area contributed by atoms with Gasteiger partial charge in [0.05, 0.1) is 13.2 Å². The van der Waals surface area contributed by atoms with E-state index in [0.717, 1.165) is 51.6 Å². The predicted molar refractivity (Wildman–Crippen MR) is 86.6 cm³/mol. The summed E-state index contributed by atoms with van der Waals surface area (Å²) < 4.78 is 20.1. The smallest absolute Gasteiger partial charge is 0.209 e. The quantitative estimate of drug-likeness (QED) is 0.747. The highest BCUT2D eigenvalue weighted by molar-refractivity contribution is 9.10. The first-order chi connectivity index (χ1) is 10.2. The minimum absolute atomic E-state index is 0.235. The summed E-state index contributed by atoms with van der Waals surface area (Å²) in [4.78, 5) is 2.19. The molecular formula is C13H13BrFN3OS2. The molecule has 8 heteroatoms. The first kappa shape index (κ1) is 15.2. The third-order valence-electron chi connectivity index (χ3n) is 3.04. The maximum atomic E-state index is 13.0. The molecule has 3 rings (SSSR count). The van der Waals surface area contributed by atoms with E-state index in [1.165, 1.54) is 12.1 Å². The molecule has 0 radical (unpaired) electrons. The van der Waals surface area contributed by atoms with Crippen molar-refractivity contribution in [3.8, 4) is 0 Å². The lowest BCUT2D eigenvalue weighted by Crippen LogP contribution is -2.36. The molecule has 1 aromatic carbocycles. The van der Waals surface area contributed by atoms with Gasteiger partial charge in [-0.15, -0.1) is 10.2 Å². The third-order valence-corrected chi connectivity index (χ3v) is 5.95. The highest BCUT2D eigenvalue weighted by Crippen LogP contribution is 2.32. The van der Waals surface area contributed by atoms with Gasteiger partial charge in [-0.05, 0) is 17.7 Å². The van der Waals surface area contributed by atoms with Crippen molar-refractivity contribution in [2.24, 2.45) is 0 Å². The van der Waals surface area contributed by atoms with Crippen LogP contribution in [0, 0.1) is 5.82 Å². The molecule has 0 saturated carbocycles. The zero-order valence-electron chi connectivity index (χ0n) is 11.1. The van der Waals surface area contributed by atoms with Gasteiger partial charge in [-0.2, -0.15) is 0 Å². The normalized spacial score (nSPS) is 15.4. The summed E-state index contributed by atoms with van der Waals surface area (Å²) in [6.07, 6.45) is 0. The molecule has 0 amide bonds. The number of anilines is 1. The number of nitrogens with zero attached hydrogens (tertiary/aromatic N) is 3. The molecule has 112 valence electrons. The summed E-state index contributed by atoms with van der Waals surface area (Å²) in [5, 5.41) is 9.39. The number of hydrogen-bond acceptors (Lipinski definition) is 6. The van der Waals surface area contributed by atoms with E-state index in [1.807, 2.05) is 0 Å². The lowest BCUT2D eigenvalue weighted by molar-refractivity contribution is 0.122. The van der Waals surface area contributed by atoms with Gasteiger partial charge in [-0.1, -0.05) is 45.1 Å². The summed E-state index contributed by atoms with van der Waals surface area (Å²) in [5.41, 5.74) is 1.05. The van der Waals surface area contributed by atoms with Gasteiger partial charge < -0.3 is 9.64 Å². The molecule has 2 aromatic rings. The lowest BCUT2D eigenvalue weighted by Gasteiger charge is -2.25. The Bertz CT molecular complexity index is 619. The molecule has 0 bridgehead atoms. The fourth-order valence-electron chi connectivity index (χ4n) is 1.92. The van der Waals surface area contributed by atoms with Gasteiger partial charge in [-0.25, -0.2) is 4.39 Å². The van der Waals surface area contributed by atoms with E-state index in [-0.39, 0.29) is 5.82 Å². The SMILES string of the molecule is Fc1ccc(CSc2nnc(N3CCOCC3)s2)c(Br)c1. The molecule has 0 atom stereocenters. The van der Waals surface area contributed by atoms with Crippen molar-refractivity contribution in [1.82, 2.24) is 10.2 Å². The number of thioether (sulfide) groups is 1. The van der Waals surface area contributed by atoms with E-state index in [0.29, 0.717) is 0 Å². The highest BCUT2D eigenvalue weighted by Gasteiger charge is 2.16. The number of rotatable bonds is 4. The van der Waals surface area contributed by atoms with Gasteiger partial charge in [-0.3, -0.25) is 0 Å². The highest BCUT2D eigenvalue weighted by atomic mass is 79.9. The van der Waals surface area contributed by atoms with E-state index in [4.69, 9.17) is 4.74 Å². The van der Waals surface area contributed by atoms with Crippen LogP contribution in [0.1, 0.15) is 5.56 Å². The Hall–Kier alpha value is -0.700. The molecule has 0 N–H and O–H groups in total. The van der Waals surface area contributed by atoms with Crippen LogP contribution in [0.2, 0.25) is 0 Å². The van der Waals surface area contributed by atoms with Crippen LogP contribution >= 0.6 is 39.0 Å². The Morgan fingerprint density at radius 3 is 2.90 bits per heavy atom. The van der Waals surface area contributed by atoms with Crippen molar-refractivity contribution < 1.29 is 9.13 Å². The number of aromatic nitrogens is 2. The van der Waals surface area contributed by atoms with Gasteiger partial charge in [0, 0.05) is 23.3 Å². The van der Waals surface area contributed by atoms with Crippen LogP contribution in [-0.4, -0.2) is 36.5 Å². The minimum atomic E-state index is -0.235. The minimum Gasteiger partial charge on any atom is -0.378 e. The predicted octanol–water partition coefficient (Wildman–Crippen LogP) is 3.57. The van der Waals surface area contributed by atoms with Crippen LogP contribution in [-0.2, 0) is 10.5 Å². The fraction of sp³-hybridized carbons (Fsp3) is 0.385. The lowest BCUT2D eigenvalue weighted by atomic mass is 10.2. The second kappa shape index (κ2) is 7.04. The second-order valence-electron chi connectivity index (χ2n) is 4.47. The standard InChI is InChI=1S/C13H13BrFN3OS2/c14-11-7-10(15)2-1-9(11)8-20-13-17-16-12(21-13)18-3-5-19-6-4-18/h1-2,7H,3-6,8H2. The molecule has 0 unspecified atom stereocenters. The van der Waals surface area contributed by atoms with Crippen LogP contribution in [0.25, 0.3) is 0 Å². The Morgan fingerprint density at radius 2 is 2.14 bits per heavy atom. The largest absolute Gasteiger partial charge is 0.378 e. The van der Waals surface area contributed by atoms with Crippen LogP contribution < -0.4 is 4.90 Å². The average Bonchev–Trinajstić information content (AvgIpc) is 2.96. The number of hydrogen-bond donors (Lipinski definition) is 0. The molecule has 2 heterocycles. The topological polar surface area (TPSA) is 38.2 Å². The fourth-order valence-corrected chi connectivity index (χ4v) is 4.49. The van der Waals surface area contributed by atoms with Crippen molar-refractivity contribution >= 4 is 44.2 Å². The van der Waals surface area contributed by atoms with Gasteiger partial charge in [0.2, 0.25) is 5.13 Å². The van der Waals surface area contributed by atoms with E-state index in [1.54, 1.807) is 29.2 Å². The third kappa shape index (κ3) is 3.94. The maximum Gasteiger partial charge on any atom is 0.209 e. The first-order valence-electron chi connectivity index (χ1n) is 6.45. The van der Waals surface area contributed by atoms with Gasteiger partial charge in [0.1, 0.15) is 5.82 Å². The average molecular weight is 390 g/mol. The zero-order chi connectivity index (χ0) is 14.7. The first-order valence-corrected chi connectivity index (χ1v) is 9.05. The monoisotopic (exact) mass is 389 g/mol. The molecule has 1 aromatic heterocycles. The Balaban J connectivity index is 1.61. The van der Waals surface area contributed by atoms with Crippen LogP contribution in [0.5, 0.6) is 0 Å². The molecule has 1 aliphatic heterocycles. The summed E-state index contributed by atoms with van der Waals surface area (Å²) in [5.74, 6) is 0.500. The van der Waals surface area contributed by atoms with Crippen molar-refractivity contribution in [2.45, 2.75) is 10.1 Å². The second-order valence-corrected chi connectivity index (χ2v) is 7.51. The van der Waals surface area contributed by atoms with Gasteiger partial charge >= 0.3 is 0 Å². The summed E-state index contributed by atoms with van der Waals surface area (Å²) in [7, 11) is 0. The molecular weight excluding hydrogens is 377 g/mol. The van der Waals surface area contributed by atoms with Crippen LogP contribution in [0.3, 0.4) is 0 Å². The zero-order valence-corrected chi connectivity index (χ0v) is 14.3. The Morgan fingerprint density at radius 1 is 1.33 bits per heavy atom. The molecule has 21 heavy (non-hydrogen) atoms. The van der Waals surface area contributed by atoms with Crippen molar-refractivity contribution in [1.29, 1.82) is 0 Å². The molecule has 1 aliphatic rings. The van der Waals surface area contributed by atoms with E-state index in [9.17, 15) is 4.39 Å². The van der Waals surface area contributed by atoms with Crippen molar-refractivity contribution in [3.63, 3.8) is 0 Å². The van der Waals surface area contributed by atoms with Gasteiger partial charge in [0.15, 0.2) is 4.34 Å². The molecule has 0 spiro atoms. The number of benzene rings is 1. The summed E-state index contributed by atoms with van der Waals surface area (Å²) in [6, 6.07) is 4.74. The van der Waals surface area contributed by atoms with Crippen molar-refractivity contribution in [2.75, 3.05) is 31.2 Å². The van der Waals surface area contributed by atoms with Gasteiger partial charge in [0.25, 0.3) is 0 Å². The van der Waals surface area contributed by atoms with Crippen LogP contribution in [0.15, 0.2) is 27.0 Å². The van der Waals surface area contributed by atoms with E-state index in [2.05, 4.69) is 31.0 Å². The number of halogens is 2. The Kier molecular flexibility index (Phi) is 5.10. The number of morpholine rings is 1. The van der Waals surface area contributed by atoms with E-state index < -0.39 is 0 Å².